The number of rotatable bonds is 7. The third kappa shape index (κ3) is 3.87. The van der Waals surface area contributed by atoms with Crippen LogP contribution < -0.4 is 5.49 Å². The van der Waals surface area contributed by atoms with Crippen molar-refractivity contribution >= 4 is 17.1 Å². The number of imidazole rings is 1. The Labute approximate surface area is 173 Å². The number of carbonyl (C=O) groups is 1. The number of aromatic amines is 1. The third-order valence-corrected chi connectivity index (χ3v) is 5.11. The first-order valence-electron chi connectivity index (χ1n) is 9.97. The minimum absolute atomic E-state index is 0.192. The van der Waals surface area contributed by atoms with Crippen molar-refractivity contribution in [2.75, 3.05) is 0 Å². The van der Waals surface area contributed by atoms with Gasteiger partial charge in [0.2, 0.25) is 0 Å². The molecule has 30 heavy (non-hydrogen) atoms. The molecule has 0 saturated carbocycles. The van der Waals surface area contributed by atoms with E-state index < -0.39 is 5.97 Å². The summed E-state index contributed by atoms with van der Waals surface area (Å²) in [6.07, 6.45) is 4.62. The van der Waals surface area contributed by atoms with E-state index in [-0.39, 0.29) is 11.1 Å². The maximum atomic E-state index is 11.5. The Kier molecular flexibility index (Phi) is 5.43. The van der Waals surface area contributed by atoms with Crippen LogP contribution in [0, 0.1) is 5.41 Å². The number of benzene rings is 2. The van der Waals surface area contributed by atoms with Crippen LogP contribution in [-0.2, 0) is 13.0 Å². The molecule has 0 aliphatic carbocycles. The highest BCUT2D eigenvalue weighted by atomic mass is 16.4. The summed E-state index contributed by atoms with van der Waals surface area (Å²) in [5.74, 6) is -0.0608. The average molecular weight is 401 g/mol. The molecule has 3 N–H and O–H groups in total. The lowest BCUT2D eigenvalue weighted by Crippen LogP contribution is -2.13. The van der Waals surface area contributed by atoms with Crippen molar-refractivity contribution in [3.63, 3.8) is 0 Å². The van der Waals surface area contributed by atoms with Gasteiger partial charge in [0.1, 0.15) is 11.3 Å². The normalized spacial score (nSPS) is 11.1. The molecule has 0 bridgehead atoms. The summed E-state index contributed by atoms with van der Waals surface area (Å²) >= 11 is 0. The van der Waals surface area contributed by atoms with Crippen LogP contribution in [0.3, 0.4) is 0 Å². The third-order valence-electron chi connectivity index (χ3n) is 5.11. The van der Waals surface area contributed by atoms with Crippen molar-refractivity contribution in [3.8, 4) is 11.1 Å². The Morgan fingerprint density at radius 2 is 1.93 bits per heavy atom. The number of nitrogens with one attached hydrogen (secondary N) is 2. The van der Waals surface area contributed by atoms with Gasteiger partial charge in [-0.1, -0.05) is 55.8 Å². The topological polar surface area (TPSA) is 108 Å². The van der Waals surface area contributed by atoms with E-state index in [1.54, 1.807) is 18.5 Å². The number of hydrogen-bond acceptors (Lipinski definition) is 4. The summed E-state index contributed by atoms with van der Waals surface area (Å²) in [7, 11) is 0. The number of aromatic nitrogens is 4. The highest BCUT2D eigenvalue weighted by molar-refractivity contribution is 5.96. The predicted octanol–water partition coefficient (Wildman–Crippen LogP) is 3.99. The summed E-state index contributed by atoms with van der Waals surface area (Å²) in [6, 6.07) is 14.8. The second-order valence-corrected chi connectivity index (χ2v) is 7.25. The SMILES string of the molecule is CCCCc1nc2c([nH]1)c(=N)ncn2Cc1ccc(-c2ccccc2C(=O)O)cc1. The number of fused-ring (bicyclic) bond motifs is 1. The quantitative estimate of drug-likeness (QED) is 0.435. The standard InChI is InChI=1S/C23H23N5O2/c1-2-3-8-19-26-20-21(24)25-14-28(22(20)27-19)13-15-9-11-16(12-10-15)17-6-4-5-7-18(17)23(29)30/h4-7,9-12,14,24H,2-3,8,13H2,1H3,(H,26,27)(H,29,30). The maximum absolute atomic E-state index is 11.5. The van der Waals surface area contributed by atoms with Crippen molar-refractivity contribution in [2.24, 2.45) is 0 Å². The lowest BCUT2D eigenvalue weighted by atomic mass is 9.99. The summed E-state index contributed by atoms with van der Waals surface area (Å²) in [5.41, 5.74) is 4.44. The molecule has 0 saturated heterocycles. The fourth-order valence-electron chi connectivity index (χ4n) is 3.52. The Balaban J connectivity index is 1.63. The molecule has 2 heterocycles. The molecule has 0 radical (unpaired) electrons. The lowest BCUT2D eigenvalue weighted by molar-refractivity contribution is 0.0697. The highest BCUT2D eigenvalue weighted by Crippen LogP contribution is 2.24. The molecule has 0 atom stereocenters. The van der Waals surface area contributed by atoms with E-state index in [4.69, 9.17) is 5.41 Å². The number of aryl methyl sites for hydroxylation is 1. The molecule has 0 unspecified atom stereocenters. The first-order valence-corrected chi connectivity index (χ1v) is 9.97. The summed E-state index contributed by atoms with van der Waals surface area (Å²) in [4.78, 5) is 23.6. The van der Waals surface area contributed by atoms with Crippen LogP contribution >= 0.6 is 0 Å². The van der Waals surface area contributed by atoms with E-state index in [9.17, 15) is 9.90 Å². The van der Waals surface area contributed by atoms with Gasteiger partial charge in [-0.3, -0.25) is 5.41 Å². The van der Waals surface area contributed by atoms with Crippen LogP contribution in [0.2, 0.25) is 0 Å². The molecule has 0 amide bonds. The fraction of sp³-hybridized carbons (Fsp3) is 0.217. The van der Waals surface area contributed by atoms with Gasteiger partial charge in [0.05, 0.1) is 18.4 Å². The van der Waals surface area contributed by atoms with Gasteiger partial charge in [-0.25, -0.2) is 14.8 Å². The van der Waals surface area contributed by atoms with E-state index in [1.807, 2.05) is 41.0 Å². The van der Waals surface area contributed by atoms with Crippen molar-refractivity contribution in [1.82, 2.24) is 19.5 Å². The number of carboxylic acid groups (broad SMARTS) is 1. The monoisotopic (exact) mass is 401 g/mol. The fourth-order valence-corrected chi connectivity index (χ4v) is 3.52. The van der Waals surface area contributed by atoms with Gasteiger partial charge in [-0.15, -0.1) is 0 Å². The summed E-state index contributed by atoms with van der Waals surface area (Å²) in [6.45, 7) is 2.70. The van der Waals surface area contributed by atoms with Crippen molar-refractivity contribution in [1.29, 1.82) is 5.41 Å². The van der Waals surface area contributed by atoms with Gasteiger partial charge < -0.3 is 14.7 Å². The minimum Gasteiger partial charge on any atom is -0.478 e. The van der Waals surface area contributed by atoms with Crippen molar-refractivity contribution < 1.29 is 9.90 Å². The van der Waals surface area contributed by atoms with Crippen LogP contribution in [0.25, 0.3) is 22.3 Å². The zero-order valence-electron chi connectivity index (χ0n) is 16.7. The zero-order valence-corrected chi connectivity index (χ0v) is 16.7. The van der Waals surface area contributed by atoms with Gasteiger partial charge in [-0.2, -0.15) is 0 Å². The molecule has 4 rings (SSSR count). The summed E-state index contributed by atoms with van der Waals surface area (Å²) < 4.78 is 1.93. The van der Waals surface area contributed by atoms with E-state index in [2.05, 4.69) is 21.9 Å². The van der Waals surface area contributed by atoms with Crippen molar-refractivity contribution in [3.05, 3.63) is 77.3 Å². The second-order valence-electron chi connectivity index (χ2n) is 7.25. The maximum Gasteiger partial charge on any atom is 0.336 e. The molecule has 4 aromatic rings. The number of hydrogen-bond donors (Lipinski definition) is 3. The largest absolute Gasteiger partial charge is 0.478 e. The molecule has 152 valence electrons. The lowest BCUT2D eigenvalue weighted by Gasteiger charge is -2.09. The molecule has 0 aliphatic rings. The van der Waals surface area contributed by atoms with Crippen molar-refractivity contribution in [2.45, 2.75) is 32.7 Å². The number of unbranched alkanes of at least 4 members (excludes halogenated alkanes) is 1. The van der Waals surface area contributed by atoms with E-state index in [1.165, 1.54) is 0 Å². The molecule has 2 aromatic carbocycles. The Hall–Kier alpha value is -3.74. The van der Waals surface area contributed by atoms with Gasteiger partial charge in [-0.05, 0) is 29.2 Å². The molecule has 0 spiro atoms. The molecule has 2 aromatic heterocycles. The van der Waals surface area contributed by atoms with Crippen LogP contribution in [-0.4, -0.2) is 30.6 Å². The second kappa shape index (κ2) is 8.32. The smallest absolute Gasteiger partial charge is 0.336 e. The molecular formula is C23H23N5O2. The zero-order chi connectivity index (χ0) is 21.1. The van der Waals surface area contributed by atoms with Crippen LogP contribution in [0.15, 0.2) is 54.9 Å². The highest BCUT2D eigenvalue weighted by Gasteiger charge is 2.12. The van der Waals surface area contributed by atoms with E-state index in [0.717, 1.165) is 41.9 Å². The Bertz CT molecular complexity index is 1250. The number of carboxylic acids is 1. The summed E-state index contributed by atoms with van der Waals surface area (Å²) in [5, 5.41) is 17.5. The number of H-pyrrole nitrogens is 1. The molecule has 7 nitrogen and oxygen atoms in total. The number of nitrogens with zero attached hydrogens (tertiary/aromatic N) is 3. The van der Waals surface area contributed by atoms with Crippen LogP contribution in [0.5, 0.6) is 0 Å². The van der Waals surface area contributed by atoms with Gasteiger partial charge in [0.25, 0.3) is 0 Å². The Morgan fingerprint density at radius 3 is 2.67 bits per heavy atom. The van der Waals surface area contributed by atoms with E-state index >= 15 is 0 Å². The molecule has 7 heteroatoms. The average Bonchev–Trinajstić information content (AvgIpc) is 3.20. The molecular weight excluding hydrogens is 378 g/mol. The molecule has 0 fully saturated rings. The minimum atomic E-state index is -0.938. The van der Waals surface area contributed by atoms with Crippen LogP contribution in [0.1, 0.15) is 41.5 Å². The molecule has 0 aliphatic heterocycles. The Morgan fingerprint density at radius 1 is 1.17 bits per heavy atom. The van der Waals surface area contributed by atoms with E-state index in [0.29, 0.717) is 17.6 Å². The number of aromatic carboxylic acids is 1. The van der Waals surface area contributed by atoms with Gasteiger partial charge in [0, 0.05) is 6.42 Å². The van der Waals surface area contributed by atoms with Crippen LogP contribution in [0.4, 0.5) is 0 Å². The predicted molar refractivity (Wildman–Crippen MR) is 114 cm³/mol. The van der Waals surface area contributed by atoms with Gasteiger partial charge >= 0.3 is 5.97 Å². The first kappa shape index (κ1) is 19.6. The van der Waals surface area contributed by atoms with Gasteiger partial charge in [0.15, 0.2) is 11.1 Å². The first-order chi connectivity index (χ1) is 14.6.